The number of rotatable bonds is 4. The van der Waals surface area contributed by atoms with E-state index in [0.717, 1.165) is 25.9 Å². The zero-order valence-corrected chi connectivity index (χ0v) is 12.2. The summed E-state index contributed by atoms with van der Waals surface area (Å²) < 4.78 is 5.59. The van der Waals surface area contributed by atoms with Crippen LogP contribution in [0.25, 0.3) is 0 Å². The Morgan fingerprint density at radius 3 is 2.90 bits per heavy atom. The van der Waals surface area contributed by atoms with Crippen LogP contribution in [0.3, 0.4) is 0 Å². The second-order valence-electron chi connectivity index (χ2n) is 5.89. The number of carbonyl (C=O) groups is 2. The SMILES string of the molecule is CCC1OCCC1CNC(=O)N1CCCC1(C)C(=O)O. The Bertz CT molecular complexity index is 387. The fourth-order valence-electron chi connectivity index (χ4n) is 3.20. The van der Waals surface area contributed by atoms with E-state index in [1.807, 2.05) is 0 Å². The van der Waals surface area contributed by atoms with Crippen LogP contribution in [0.2, 0.25) is 0 Å². The minimum absolute atomic E-state index is 0.208. The smallest absolute Gasteiger partial charge is 0.329 e. The van der Waals surface area contributed by atoms with Crippen molar-refractivity contribution in [2.24, 2.45) is 5.92 Å². The predicted molar refractivity (Wildman–Crippen MR) is 73.5 cm³/mol. The van der Waals surface area contributed by atoms with Gasteiger partial charge in [-0.05, 0) is 32.6 Å². The summed E-state index contributed by atoms with van der Waals surface area (Å²) in [6, 6.07) is -0.269. The molecule has 0 radical (unpaired) electrons. The van der Waals surface area contributed by atoms with Gasteiger partial charge >= 0.3 is 12.0 Å². The van der Waals surface area contributed by atoms with Crippen LogP contribution in [0.4, 0.5) is 4.79 Å². The van der Waals surface area contributed by atoms with Crippen molar-refractivity contribution >= 4 is 12.0 Å². The quantitative estimate of drug-likeness (QED) is 0.819. The molecule has 6 heteroatoms. The van der Waals surface area contributed by atoms with Crippen molar-refractivity contribution in [2.45, 2.75) is 51.2 Å². The molecule has 0 saturated carbocycles. The van der Waals surface area contributed by atoms with Crippen LogP contribution in [0.1, 0.15) is 39.5 Å². The highest BCUT2D eigenvalue weighted by molar-refractivity contribution is 5.86. The summed E-state index contributed by atoms with van der Waals surface area (Å²) in [5.74, 6) is -0.594. The van der Waals surface area contributed by atoms with Crippen molar-refractivity contribution in [3.05, 3.63) is 0 Å². The number of carboxylic acid groups (broad SMARTS) is 1. The zero-order chi connectivity index (χ0) is 14.8. The molecule has 0 spiro atoms. The van der Waals surface area contributed by atoms with E-state index >= 15 is 0 Å². The average Bonchev–Trinajstić information content (AvgIpc) is 3.02. The lowest BCUT2D eigenvalue weighted by molar-refractivity contribution is -0.147. The molecule has 0 aromatic rings. The molecule has 2 saturated heterocycles. The highest BCUT2D eigenvalue weighted by Gasteiger charge is 2.46. The van der Waals surface area contributed by atoms with Crippen LogP contribution in [0.15, 0.2) is 0 Å². The first kappa shape index (κ1) is 15.1. The summed E-state index contributed by atoms with van der Waals surface area (Å²) in [6.45, 7) is 5.51. The number of aliphatic carboxylic acids is 1. The maximum Gasteiger partial charge on any atom is 0.329 e. The fraction of sp³-hybridized carbons (Fsp3) is 0.857. The molecule has 2 fully saturated rings. The minimum atomic E-state index is -1.07. The molecule has 3 atom stereocenters. The Labute approximate surface area is 119 Å². The maximum atomic E-state index is 12.2. The number of ether oxygens (including phenoxy) is 1. The number of carbonyl (C=O) groups excluding carboxylic acids is 1. The second-order valence-corrected chi connectivity index (χ2v) is 5.89. The van der Waals surface area contributed by atoms with Gasteiger partial charge in [-0.1, -0.05) is 6.92 Å². The summed E-state index contributed by atoms with van der Waals surface area (Å²) in [7, 11) is 0. The summed E-state index contributed by atoms with van der Waals surface area (Å²) >= 11 is 0. The van der Waals surface area contributed by atoms with Crippen molar-refractivity contribution in [3.8, 4) is 0 Å². The zero-order valence-electron chi connectivity index (χ0n) is 12.2. The van der Waals surface area contributed by atoms with Crippen molar-refractivity contribution in [1.29, 1.82) is 0 Å². The van der Waals surface area contributed by atoms with E-state index in [1.54, 1.807) is 6.92 Å². The van der Waals surface area contributed by atoms with Gasteiger partial charge in [0.15, 0.2) is 0 Å². The average molecular weight is 284 g/mol. The van der Waals surface area contributed by atoms with Gasteiger partial charge in [0.1, 0.15) is 5.54 Å². The lowest BCUT2D eigenvalue weighted by Gasteiger charge is -2.31. The number of hydrogen-bond acceptors (Lipinski definition) is 3. The van der Waals surface area contributed by atoms with Crippen molar-refractivity contribution in [3.63, 3.8) is 0 Å². The lowest BCUT2D eigenvalue weighted by Crippen LogP contribution is -2.54. The molecule has 0 aromatic heterocycles. The van der Waals surface area contributed by atoms with E-state index < -0.39 is 11.5 Å². The van der Waals surface area contributed by atoms with Gasteiger partial charge in [0.25, 0.3) is 0 Å². The van der Waals surface area contributed by atoms with Gasteiger partial charge in [-0.2, -0.15) is 0 Å². The number of urea groups is 1. The highest BCUT2D eigenvalue weighted by Crippen LogP contribution is 2.29. The first-order valence-corrected chi connectivity index (χ1v) is 7.39. The normalized spacial score (nSPS) is 33.4. The Balaban J connectivity index is 1.90. The molecular formula is C14H24N2O4. The number of amides is 2. The molecule has 114 valence electrons. The van der Waals surface area contributed by atoms with E-state index in [0.29, 0.717) is 25.4 Å². The first-order valence-electron chi connectivity index (χ1n) is 7.39. The number of hydrogen-bond donors (Lipinski definition) is 2. The summed E-state index contributed by atoms with van der Waals surface area (Å²) in [5, 5.41) is 12.2. The minimum Gasteiger partial charge on any atom is -0.480 e. The second kappa shape index (κ2) is 5.99. The molecule has 2 amide bonds. The van der Waals surface area contributed by atoms with Gasteiger partial charge in [-0.3, -0.25) is 0 Å². The first-order chi connectivity index (χ1) is 9.49. The topological polar surface area (TPSA) is 78.9 Å². The van der Waals surface area contributed by atoms with Crippen molar-refractivity contribution in [1.82, 2.24) is 10.2 Å². The molecule has 0 bridgehead atoms. The third-order valence-corrected chi connectivity index (χ3v) is 4.61. The summed E-state index contributed by atoms with van der Waals surface area (Å²) in [6.07, 6.45) is 3.35. The molecule has 2 N–H and O–H groups in total. The number of nitrogens with zero attached hydrogens (tertiary/aromatic N) is 1. The Hall–Kier alpha value is -1.30. The Kier molecular flexibility index (Phi) is 4.52. The standard InChI is InChI=1S/C14H24N2O4/c1-3-11-10(5-8-20-11)9-15-13(19)16-7-4-6-14(16,2)12(17)18/h10-11H,3-9H2,1-2H3,(H,15,19)(H,17,18). The predicted octanol–water partition coefficient (Wildman–Crippen LogP) is 1.45. The van der Waals surface area contributed by atoms with Crippen molar-refractivity contribution in [2.75, 3.05) is 19.7 Å². The number of likely N-dealkylation sites (tertiary alicyclic amines) is 1. The molecule has 3 unspecified atom stereocenters. The summed E-state index contributed by atoms with van der Waals surface area (Å²) in [5.41, 5.74) is -1.07. The lowest BCUT2D eigenvalue weighted by atomic mass is 9.99. The third-order valence-electron chi connectivity index (χ3n) is 4.61. The van der Waals surface area contributed by atoms with Crippen LogP contribution in [0, 0.1) is 5.92 Å². The molecule has 0 aromatic carbocycles. The van der Waals surface area contributed by atoms with Gasteiger partial charge in [-0.25, -0.2) is 9.59 Å². The fourth-order valence-corrected chi connectivity index (χ4v) is 3.20. The Morgan fingerprint density at radius 1 is 1.50 bits per heavy atom. The van der Waals surface area contributed by atoms with Crippen LogP contribution in [0.5, 0.6) is 0 Å². The van der Waals surface area contributed by atoms with E-state index in [-0.39, 0.29) is 12.1 Å². The van der Waals surface area contributed by atoms with Crippen LogP contribution >= 0.6 is 0 Å². The van der Waals surface area contributed by atoms with Crippen molar-refractivity contribution < 1.29 is 19.4 Å². The molecular weight excluding hydrogens is 260 g/mol. The van der Waals surface area contributed by atoms with Gasteiger partial charge in [0.05, 0.1) is 6.10 Å². The molecule has 2 rings (SSSR count). The van der Waals surface area contributed by atoms with Gasteiger partial charge in [0, 0.05) is 25.6 Å². The van der Waals surface area contributed by atoms with Crippen LogP contribution in [-0.4, -0.2) is 53.3 Å². The molecule has 2 aliphatic heterocycles. The van der Waals surface area contributed by atoms with E-state index in [4.69, 9.17) is 4.74 Å². The summed E-state index contributed by atoms with van der Waals surface area (Å²) in [4.78, 5) is 25.0. The van der Waals surface area contributed by atoms with E-state index in [1.165, 1.54) is 4.90 Å². The third kappa shape index (κ3) is 2.75. The molecule has 2 aliphatic rings. The molecule has 20 heavy (non-hydrogen) atoms. The van der Waals surface area contributed by atoms with Crippen LogP contribution < -0.4 is 5.32 Å². The molecule has 2 heterocycles. The number of nitrogens with one attached hydrogen (secondary N) is 1. The number of carboxylic acids is 1. The van der Waals surface area contributed by atoms with Gasteiger partial charge < -0.3 is 20.1 Å². The van der Waals surface area contributed by atoms with Gasteiger partial charge in [-0.15, -0.1) is 0 Å². The molecule has 0 aliphatic carbocycles. The largest absolute Gasteiger partial charge is 0.480 e. The van der Waals surface area contributed by atoms with Crippen LogP contribution in [-0.2, 0) is 9.53 Å². The molecule has 6 nitrogen and oxygen atoms in total. The van der Waals surface area contributed by atoms with E-state index in [2.05, 4.69) is 12.2 Å². The maximum absolute atomic E-state index is 12.2. The van der Waals surface area contributed by atoms with E-state index in [9.17, 15) is 14.7 Å². The Morgan fingerprint density at radius 2 is 2.25 bits per heavy atom. The highest BCUT2D eigenvalue weighted by atomic mass is 16.5. The monoisotopic (exact) mass is 284 g/mol. The van der Waals surface area contributed by atoms with Gasteiger partial charge in [0.2, 0.25) is 0 Å².